The van der Waals surface area contributed by atoms with E-state index in [4.69, 9.17) is 13.8 Å². The number of allylic oxidation sites excluding steroid dienone is 11. The van der Waals surface area contributed by atoms with Gasteiger partial charge in [0.2, 0.25) is 5.91 Å². The number of nitrogens with zero attached hydrogens (tertiary/aromatic N) is 1. The summed E-state index contributed by atoms with van der Waals surface area (Å²) in [6.07, 6.45) is 68.9. The highest BCUT2D eigenvalue weighted by atomic mass is 31.2. The number of amides is 1. The predicted octanol–water partition coefficient (Wildman–Crippen LogP) is 18.8. The maximum atomic E-state index is 13.5. The molecule has 0 aliphatic carbocycles. The number of carbonyl (C=O) groups is 2. The molecule has 74 heavy (non-hydrogen) atoms. The second kappa shape index (κ2) is 53.8. The average Bonchev–Trinajstić information content (AvgIpc) is 3.36. The molecular formula is C64H118N2O7P+. The average molecular weight is 1060 g/mol. The summed E-state index contributed by atoms with van der Waals surface area (Å²) < 4.78 is 30.7. The Labute approximate surface area is 457 Å². The molecular weight excluding hydrogens is 940 g/mol. The third-order valence-corrected chi connectivity index (χ3v) is 14.4. The van der Waals surface area contributed by atoms with Gasteiger partial charge in [0, 0.05) is 12.8 Å². The zero-order chi connectivity index (χ0) is 54.3. The molecule has 2 N–H and O–H groups in total. The molecule has 0 spiro atoms. The molecule has 9 nitrogen and oxygen atoms in total. The maximum absolute atomic E-state index is 13.5. The third kappa shape index (κ3) is 54.2. The molecule has 3 unspecified atom stereocenters. The van der Waals surface area contributed by atoms with Gasteiger partial charge in [0.1, 0.15) is 19.3 Å². The van der Waals surface area contributed by atoms with Gasteiger partial charge in [-0.2, -0.15) is 0 Å². The molecule has 0 radical (unpaired) electrons. The minimum absolute atomic E-state index is 0.0348. The number of rotatable bonds is 55. The Morgan fingerprint density at radius 2 is 0.865 bits per heavy atom. The summed E-state index contributed by atoms with van der Waals surface area (Å²) in [4.78, 5) is 37.7. The van der Waals surface area contributed by atoms with Crippen LogP contribution in [-0.2, 0) is 27.9 Å². The Morgan fingerprint density at radius 1 is 0.486 bits per heavy atom. The van der Waals surface area contributed by atoms with Crippen molar-refractivity contribution in [3.05, 3.63) is 72.9 Å². The Hall–Kier alpha value is -2.55. The van der Waals surface area contributed by atoms with Crippen molar-refractivity contribution in [2.24, 2.45) is 0 Å². The quantitative estimate of drug-likeness (QED) is 0.0205. The van der Waals surface area contributed by atoms with Crippen LogP contribution >= 0.6 is 7.82 Å². The van der Waals surface area contributed by atoms with Crippen LogP contribution in [0.15, 0.2) is 72.9 Å². The summed E-state index contributed by atoms with van der Waals surface area (Å²) in [5.74, 6) is -0.522. The normalized spacial score (nSPS) is 14.2. The molecule has 0 aliphatic rings. The molecule has 0 aromatic rings. The second-order valence-corrected chi connectivity index (χ2v) is 23.3. The number of carbonyl (C=O) groups excluding carboxylic acids is 2. The monoisotopic (exact) mass is 1060 g/mol. The standard InChI is InChI=1S/C64H117N2O7P/c1-7-10-13-16-19-22-25-28-30-31-32-33-34-35-36-38-41-44-47-50-53-56-63(67)65-61(60-72-74(69,70)71-59-58-66(4,5)6)62(55-52-49-46-43-40-37-27-24-21-18-15-12-9-3)73-64(68)57-54-51-48-45-42-39-29-26-23-20-17-14-11-8-2/h10,13,19,22,28,30,32-33,35-36,52,55,61-62H,7-9,11-12,14-18,20-21,23-27,29,31,34,37-51,53-54,56-60H2,1-6H3,(H-,65,67,69,70)/p+1/b13-10-,22-19-,30-28-,33-32-,36-35-,55-52-. The van der Waals surface area contributed by atoms with Crippen molar-refractivity contribution < 1.29 is 37.3 Å². The second-order valence-electron chi connectivity index (χ2n) is 21.9. The molecule has 0 bridgehead atoms. The Balaban J connectivity index is 5.31. The molecule has 1 amide bonds. The van der Waals surface area contributed by atoms with Crippen LogP contribution in [0.2, 0.25) is 0 Å². The smallest absolute Gasteiger partial charge is 0.456 e. The molecule has 0 fully saturated rings. The molecule has 0 saturated heterocycles. The minimum atomic E-state index is -4.45. The summed E-state index contributed by atoms with van der Waals surface area (Å²) in [7, 11) is 1.48. The zero-order valence-electron chi connectivity index (χ0n) is 49.1. The summed E-state index contributed by atoms with van der Waals surface area (Å²) in [6.45, 7) is 6.90. The molecule has 0 rings (SSSR count). The van der Waals surface area contributed by atoms with Gasteiger partial charge in [0.25, 0.3) is 0 Å². The van der Waals surface area contributed by atoms with Gasteiger partial charge < -0.3 is 19.4 Å². The van der Waals surface area contributed by atoms with E-state index in [0.29, 0.717) is 17.4 Å². The van der Waals surface area contributed by atoms with Crippen molar-refractivity contribution in [3.63, 3.8) is 0 Å². The van der Waals surface area contributed by atoms with Crippen LogP contribution in [-0.4, -0.2) is 74.3 Å². The first kappa shape index (κ1) is 71.5. The topological polar surface area (TPSA) is 111 Å². The van der Waals surface area contributed by atoms with Crippen LogP contribution in [0.5, 0.6) is 0 Å². The fourth-order valence-corrected chi connectivity index (χ4v) is 9.41. The lowest BCUT2D eigenvalue weighted by atomic mass is 10.0. The highest BCUT2D eigenvalue weighted by molar-refractivity contribution is 7.47. The molecule has 3 atom stereocenters. The van der Waals surface area contributed by atoms with Gasteiger partial charge in [-0.1, -0.05) is 255 Å². The Kier molecular flexibility index (Phi) is 52.0. The van der Waals surface area contributed by atoms with E-state index in [1.54, 1.807) is 0 Å². The summed E-state index contributed by atoms with van der Waals surface area (Å²) in [6, 6.07) is -0.859. The molecule has 430 valence electrons. The number of hydrogen-bond donors (Lipinski definition) is 2. The van der Waals surface area contributed by atoms with Gasteiger partial charge >= 0.3 is 13.8 Å². The third-order valence-electron chi connectivity index (χ3n) is 13.4. The van der Waals surface area contributed by atoms with Gasteiger partial charge in [-0.3, -0.25) is 18.6 Å². The minimum Gasteiger partial charge on any atom is -0.456 e. The van der Waals surface area contributed by atoms with E-state index in [-0.39, 0.29) is 31.5 Å². The number of hydrogen-bond acceptors (Lipinski definition) is 6. The van der Waals surface area contributed by atoms with Crippen LogP contribution in [0, 0.1) is 0 Å². The fraction of sp³-hybridized carbons (Fsp3) is 0.781. The Morgan fingerprint density at radius 3 is 1.30 bits per heavy atom. The van der Waals surface area contributed by atoms with Crippen LogP contribution in [0.4, 0.5) is 0 Å². The van der Waals surface area contributed by atoms with E-state index < -0.39 is 20.0 Å². The number of ether oxygens (including phenoxy) is 1. The number of esters is 1. The van der Waals surface area contributed by atoms with Crippen molar-refractivity contribution in [2.75, 3.05) is 40.9 Å². The summed E-state index contributed by atoms with van der Waals surface area (Å²) in [5, 5.41) is 3.05. The summed E-state index contributed by atoms with van der Waals surface area (Å²) >= 11 is 0. The molecule has 0 heterocycles. The first-order valence-electron chi connectivity index (χ1n) is 30.8. The SMILES string of the molecule is CC/C=C\C/C=C\C/C=C\C/C=C\C/C=C\CCCCCCCC(=O)NC(COP(=O)(O)OCC[N+](C)(C)C)C(/C=C\CCCCCCCCCCCCC)OC(=O)CCCCCCCCCCCCCCCC. The van der Waals surface area contributed by atoms with E-state index in [9.17, 15) is 19.0 Å². The number of unbranched alkanes of at least 4 members (excludes halogenated alkanes) is 29. The van der Waals surface area contributed by atoms with Crippen molar-refractivity contribution in [1.82, 2.24) is 5.32 Å². The van der Waals surface area contributed by atoms with Crippen molar-refractivity contribution >= 4 is 19.7 Å². The van der Waals surface area contributed by atoms with E-state index in [1.807, 2.05) is 33.3 Å². The first-order chi connectivity index (χ1) is 35.9. The number of phosphoric acid groups is 1. The first-order valence-corrected chi connectivity index (χ1v) is 32.3. The van der Waals surface area contributed by atoms with Gasteiger partial charge in [0.05, 0.1) is 33.8 Å². The lowest BCUT2D eigenvalue weighted by Gasteiger charge is -2.27. The Bertz CT molecular complexity index is 1500. The molecule has 0 aromatic heterocycles. The molecule has 0 aromatic carbocycles. The van der Waals surface area contributed by atoms with Crippen molar-refractivity contribution in [2.45, 2.75) is 283 Å². The fourth-order valence-electron chi connectivity index (χ4n) is 8.67. The van der Waals surface area contributed by atoms with E-state index in [1.165, 1.54) is 128 Å². The largest absolute Gasteiger partial charge is 0.472 e. The lowest BCUT2D eigenvalue weighted by molar-refractivity contribution is -0.870. The highest BCUT2D eigenvalue weighted by Crippen LogP contribution is 2.43. The lowest BCUT2D eigenvalue weighted by Crippen LogP contribution is -2.47. The zero-order valence-corrected chi connectivity index (χ0v) is 50.0. The molecule has 0 aliphatic heterocycles. The molecule has 0 saturated carbocycles. The van der Waals surface area contributed by atoms with E-state index in [0.717, 1.165) is 109 Å². The summed E-state index contributed by atoms with van der Waals surface area (Å²) in [5.41, 5.74) is 0. The van der Waals surface area contributed by atoms with Gasteiger partial charge in [0.15, 0.2) is 0 Å². The van der Waals surface area contributed by atoms with Gasteiger partial charge in [-0.25, -0.2) is 4.57 Å². The number of phosphoric ester groups is 1. The van der Waals surface area contributed by atoms with Crippen molar-refractivity contribution in [1.29, 1.82) is 0 Å². The number of likely N-dealkylation sites (N-methyl/N-ethyl adjacent to an activating group) is 1. The van der Waals surface area contributed by atoms with Gasteiger partial charge in [-0.05, 0) is 76.7 Å². The van der Waals surface area contributed by atoms with Crippen LogP contribution in [0.3, 0.4) is 0 Å². The van der Waals surface area contributed by atoms with Crippen LogP contribution < -0.4 is 5.32 Å². The maximum Gasteiger partial charge on any atom is 0.472 e. The van der Waals surface area contributed by atoms with Crippen LogP contribution in [0.1, 0.15) is 271 Å². The van der Waals surface area contributed by atoms with Gasteiger partial charge in [-0.15, -0.1) is 0 Å². The van der Waals surface area contributed by atoms with E-state index >= 15 is 0 Å². The van der Waals surface area contributed by atoms with Crippen molar-refractivity contribution in [3.8, 4) is 0 Å². The van der Waals surface area contributed by atoms with Crippen LogP contribution in [0.25, 0.3) is 0 Å². The highest BCUT2D eigenvalue weighted by Gasteiger charge is 2.30. The number of quaternary nitrogens is 1. The van der Waals surface area contributed by atoms with E-state index in [2.05, 4.69) is 86.8 Å². The predicted molar refractivity (Wildman–Crippen MR) is 318 cm³/mol. The number of nitrogens with one attached hydrogen (secondary N) is 1. The molecule has 10 heteroatoms.